The number of rotatable bonds is 5. The second kappa shape index (κ2) is 7.48. The standard InChI is InChI=1S/C18H18N2O4S/c1-11-9-16-14(19-12-5-2-3-6-15(12)25-16)10-13(11)20-18(23)24-8-4-7-17(21)22/h2-3,5-6,9-10,19H,4,7-8H2,1H3,(H,20,23)(H,21,22). The van der Waals surface area contributed by atoms with Gasteiger partial charge in [0, 0.05) is 21.9 Å². The largest absolute Gasteiger partial charge is 0.481 e. The number of anilines is 3. The van der Waals surface area contributed by atoms with Gasteiger partial charge in [-0.1, -0.05) is 23.9 Å². The first-order chi connectivity index (χ1) is 12.0. The average Bonchev–Trinajstić information content (AvgIpc) is 2.57. The summed E-state index contributed by atoms with van der Waals surface area (Å²) in [7, 11) is 0. The van der Waals surface area contributed by atoms with Crippen LogP contribution in [0.15, 0.2) is 46.2 Å². The molecule has 1 amide bonds. The van der Waals surface area contributed by atoms with Gasteiger partial charge in [-0.2, -0.15) is 0 Å². The van der Waals surface area contributed by atoms with Crippen molar-refractivity contribution in [1.82, 2.24) is 0 Å². The van der Waals surface area contributed by atoms with Crippen LogP contribution in [0.25, 0.3) is 0 Å². The summed E-state index contributed by atoms with van der Waals surface area (Å²) < 4.78 is 5.01. The van der Waals surface area contributed by atoms with Gasteiger partial charge in [0.25, 0.3) is 0 Å². The van der Waals surface area contributed by atoms with E-state index >= 15 is 0 Å². The SMILES string of the molecule is Cc1cc2c(cc1NC(=O)OCCCC(=O)O)Nc1ccccc1S2. The number of carboxylic acids is 1. The molecular weight excluding hydrogens is 340 g/mol. The molecule has 0 saturated heterocycles. The molecule has 0 aliphatic carbocycles. The zero-order valence-corrected chi connectivity index (χ0v) is 14.5. The van der Waals surface area contributed by atoms with E-state index < -0.39 is 12.1 Å². The van der Waals surface area contributed by atoms with Crippen molar-refractivity contribution in [2.75, 3.05) is 17.2 Å². The molecule has 3 rings (SSSR count). The van der Waals surface area contributed by atoms with E-state index in [4.69, 9.17) is 9.84 Å². The summed E-state index contributed by atoms with van der Waals surface area (Å²) in [6.45, 7) is 1.99. The minimum atomic E-state index is -0.904. The van der Waals surface area contributed by atoms with Gasteiger partial charge in [0.2, 0.25) is 0 Å². The van der Waals surface area contributed by atoms with E-state index in [0.717, 1.165) is 26.7 Å². The lowest BCUT2D eigenvalue weighted by Gasteiger charge is -2.22. The normalized spacial score (nSPS) is 11.7. The maximum absolute atomic E-state index is 11.9. The molecule has 130 valence electrons. The fraction of sp³-hybridized carbons (Fsp3) is 0.222. The molecule has 7 heteroatoms. The van der Waals surface area contributed by atoms with E-state index in [1.165, 1.54) is 0 Å². The number of carbonyl (C=O) groups excluding carboxylic acids is 1. The Bertz CT molecular complexity index is 823. The molecule has 0 spiro atoms. The lowest BCUT2D eigenvalue weighted by atomic mass is 10.1. The van der Waals surface area contributed by atoms with Crippen molar-refractivity contribution in [1.29, 1.82) is 0 Å². The van der Waals surface area contributed by atoms with Crippen LogP contribution in [-0.4, -0.2) is 23.8 Å². The molecule has 2 aromatic rings. The maximum Gasteiger partial charge on any atom is 0.411 e. The van der Waals surface area contributed by atoms with Gasteiger partial charge in [0.05, 0.1) is 18.0 Å². The van der Waals surface area contributed by atoms with Gasteiger partial charge in [0.15, 0.2) is 0 Å². The lowest BCUT2D eigenvalue weighted by Crippen LogP contribution is -2.16. The molecule has 25 heavy (non-hydrogen) atoms. The highest BCUT2D eigenvalue weighted by Gasteiger charge is 2.17. The molecule has 6 nitrogen and oxygen atoms in total. The highest BCUT2D eigenvalue weighted by Crippen LogP contribution is 2.45. The van der Waals surface area contributed by atoms with Gasteiger partial charge < -0.3 is 15.2 Å². The predicted molar refractivity (Wildman–Crippen MR) is 96.9 cm³/mol. The molecule has 1 aliphatic heterocycles. The first kappa shape index (κ1) is 17.2. The van der Waals surface area contributed by atoms with Gasteiger partial charge in [-0.3, -0.25) is 10.1 Å². The summed E-state index contributed by atoms with van der Waals surface area (Å²) in [6, 6.07) is 11.9. The topological polar surface area (TPSA) is 87.7 Å². The Balaban J connectivity index is 1.66. The first-order valence-corrected chi connectivity index (χ1v) is 8.69. The molecule has 0 atom stereocenters. The van der Waals surface area contributed by atoms with Crippen LogP contribution in [0, 0.1) is 6.92 Å². The summed E-state index contributed by atoms with van der Waals surface area (Å²) in [6.07, 6.45) is -0.315. The van der Waals surface area contributed by atoms with Gasteiger partial charge in [-0.15, -0.1) is 0 Å². The fourth-order valence-electron chi connectivity index (χ4n) is 2.45. The number of para-hydroxylation sites is 1. The smallest absolute Gasteiger partial charge is 0.411 e. The number of hydrogen-bond donors (Lipinski definition) is 3. The van der Waals surface area contributed by atoms with Crippen LogP contribution in [-0.2, 0) is 9.53 Å². The van der Waals surface area contributed by atoms with Crippen LogP contribution < -0.4 is 10.6 Å². The Labute approximate surface area is 149 Å². The van der Waals surface area contributed by atoms with E-state index in [1.807, 2.05) is 37.3 Å². The number of fused-ring (bicyclic) bond motifs is 2. The number of aryl methyl sites for hydroxylation is 1. The monoisotopic (exact) mass is 358 g/mol. The molecule has 0 unspecified atom stereocenters. The summed E-state index contributed by atoms with van der Waals surface area (Å²) in [4.78, 5) is 24.6. The van der Waals surface area contributed by atoms with Crippen LogP contribution >= 0.6 is 11.8 Å². The fourth-order valence-corrected chi connectivity index (χ4v) is 3.52. The summed E-state index contributed by atoms with van der Waals surface area (Å²) in [5.74, 6) is -0.904. The highest BCUT2D eigenvalue weighted by molar-refractivity contribution is 7.99. The second-order valence-corrected chi connectivity index (χ2v) is 6.73. The van der Waals surface area contributed by atoms with E-state index in [0.29, 0.717) is 12.1 Å². The summed E-state index contributed by atoms with van der Waals surface area (Å²) in [5.41, 5.74) is 3.55. The number of aliphatic carboxylic acids is 1. The Morgan fingerprint density at radius 3 is 2.80 bits per heavy atom. The molecule has 0 radical (unpaired) electrons. The van der Waals surface area contributed by atoms with E-state index in [1.54, 1.807) is 11.8 Å². The lowest BCUT2D eigenvalue weighted by molar-refractivity contribution is -0.137. The van der Waals surface area contributed by atoms with Crippen LogP contribution in [0.3, 0.4) is 0 Å². The molecule has 0 saturated carbocycles. The number of ether oxygens (including phenoxy) is 1. The van der Waals surface area contributed by atoms with Crippen LogP contribution in [0.4, 0.5) is 21.9 Å². The van der Waals surface area contributed by atoms with E-state index in [-0.39, 0.29) is 13.0 Å². The zero-order valence-electron chi connectivity index (χ0n) is 13.7. The van der Waals surface area contributed by atoms with Crippen molar-refractivity contribution in [2.45, 2.75) is 29.6 Å². The van der Waals surface area contributed by atoms with Gasteiger partial charge >= 0.3 is 12.1 Å². The minimum Gasteiger partial charge on any atom is -0.481 e. The van der Waals surface area contributed by atoms with Crippen molar-refractivity contribution in [3.05, 3.63) is 42.0 Å². The molecule has 1 heterocycles. The third-order valence-corrected chi connectivity index (χ3v) is 4.84. The van der Waals surface area contributed by atoms with Crippen LogP contribution in [0.2, 0.25) is 0 Å². The molecule has 0 aromatic heterocycles. The maximum atomic E-state index is 11.9. The van der Waals surface area contributed by atoms with Crippen molar-refractivity contribution in [3.63, 3.8) is 0 Å². The Kier molecular flexibility index (Phi) is 5.14. The predicted octanol–water partition coefficient (Wildman–Crippen LogP) is 4.62. The van der Waals surface area contributed by atoms with E-state index in [9.17, 15) is 9.59 Å². The molecule has 1 aliphatic rings. The number of benzene rings is 2. The number of carbonyl (C=O) groups is 2. The number of carboxylic acid groups (broad SMARTS) is 1. The molecule has 0 fully saturated rings. The molecular formula is C18H18N2O4S. The van der Waals surface area contributed by atoms with Crippen LogP contribution in [0.5, 0.6) is 0 Å². The second-order valence-electron chi connectivity index (χ2n) is 5.64. The molecule has 2 aromatic carbocycles. The van der Waals surface area contributed by atoms with Crippen LogP contribution in [0.1, 0.15) is 18.4 Å². The Morgan fingerprint density at radius 2 is 2.00 bits per heavy atom. The van der Waals surface area contributed by atoms with Crippen molar-refractivity contribution >= 4 is 40.9 Å². The van der Waals surface area contributed by atoms with Crippen molar-refractivity contribution in [3.8, 4) is 0 Å². The zero-order chi connectivity index (χ0) is 17.8. The number of nitrogens with one attached hydrogen (secondary N) is 2. The third-order valence-electron chi connectivity index (χ3n) is 3.71. The van der Waals surface area contributed by atoms with Gasteiger partial charge in [-0.05, 0) is 43.2 Å². The van der Waals surface area contributed by atoms with Crippen molar-refractivity contribution in [2.24, 2.45) is 0 Å². The minimum absolute atomic E-state index is 0.0221. The summed E-state index contributed by atoms with van der Waals surface area (Å²) in [5, 5.41) is 14.7. The average molecular weight is 358 g/mol. The quantitative estimate of drug-likeness (QED) is 0.577. The van der Waals surface area contributed by atoms with E-state index in [2.05, 4.69) is 16.7 Å². The summed E-state index contributed by atoms with van der Waals surface area (Å²) >= 11 is 1.68. The molecule has 0 bridgehead atoms. The first-order valence-electron chi connectivity index (χ1n) is 7.87. The molecule has 3 N–H and O–H groups in total. The number of amides is 1. The highest BCUT2D eigenvalue weighted by atomic mass is 32.2. The van der Waals surface area contributed by atoms with Crippen molar-refractivity contribution < 1.29 is 19.4 Å². The number of hydrogen-bond acceptors (Lipinski definition) is 5. The third kappa shape index (κ3) is 4.24. The van der Waals surface area contributed by atoms with Gasteiger partial charge in [0.1, 0.15) is 0 Å². The van der Waals surface area contributed by atoms with Gasteiger partial charge in [-0.25, -0.2) is 4.79 Å². The Morgan fingerprint density at radius 1 is 1.20 bits per heavy atom. The Hall–Kier alpha value is -2.67.